The van der Waals surface area contributed by atoms with Gasteiger partial charge >= 0.3 is 0 Å². The molecule has 0 saturated carbocycles. The van der Waals surface area contributed by atoms with E-state index in [-0.39, 0.29) is 12.5 Å². The predicted molar refractivity (Wildman–Crippen MR) is 102 cm³/mol. The number of aryl methyl sites for hydroxylation is 2. The molecule has 1 aliphatic heterocycles. The normalized spacial score (nSPS) is 14.9. The zero-order valence-electron chi connectivity index (χ0n) is 15.7. The summed E-state index contributed by atoms with van der Waals surface area (Å²) >= 11 is 0. The number of benzene rings is 1. The molecule has 1 aromatic carbocycles. The second-order valence-electron chi connectivity index (χ2n) is 6.74. The van der Waals surface area contributed by atoms with E-state index in [9.17, 15) is 4.79 Å². The summed E-state index contributed by atoms with van der Waals surface area (Å²) in [5, 5.41) is 8.38. The summed E-state index contributed by atoms with van der Waals surface area (Å²) in [5.41, 5.74) is 3.16. The van der Waals surface area contributed by atoms with Crippen molar-refractivity contribution >= 4 is 11.7 Å². The highest BCUT2D eigenvalue weighted by Gasteiger charge is 2.20. The molecule has 1 amide bonds. The summed E-state index contributed by atoms with van der Waals surface area (Å²) < 4.78 is 5.77. The van der Waals surface area contributed by atoms with Crippen molar-refractivity contribution in [3.63, 3.8) is 0 Å². The highest BCUT2D eigenvalue weighted by atomic mass is 16.5. The van der Waals surface area contributed by atoms with Crippen molar-refractivity contribution in [3.05, 3.63) is 47.2 Å². The molecule has 1 saturated heterocycles. The summed E-state index contributed by atoms with van der Waals surface area (Å²) in [6, 6.07) is 9.86. The van der Waals surface area contributed by atoms with Crippen LogP contribution in [-0.4, -0.2) is 53.8 Å². The van der Waals surface area contributed by atoms with Gasteiger partial charge in [0.2, 0.25) is 0 Å². The molecule has 0 unspecified atom stereocenters. The lowest BCUT2D eigenvalue weighted by molar-refractivity contribution is -0.133. The molecule has 138 valence electrons. The Kier molecular flexibility index (Phi) is 5.71. The van der Waals surface area contributed by atoms with Crippen LogP contribution in [0.3, 0.4) is 0 Å². The number of rotatable bonds is 4. The maximum absolute atomic E-state index is 12.6. The first-order valence-electron chi connectivity index (χ1n) is 9.06. The van der Waals surface area contributed by atoms with E-state index in [4.69, 9.17) is 4.74 Å². The third-order valence-corrected chi connectivity index (χ3v) is 4.86. The highest BCUT2D eigenvalue weighted by Crippen LogP contribution is 2.20. The van der Waals surface area contributed by atoms with Crippen LogP contribution >= 0.6 is 0 Å². The molecule has 6 heteroatoms. The fourth-order valence-corrected chi connectivity index (χ4v) is 3.07. The summed E-state index contributed by atoms with van der Waals surface area (Å²) in [6.07, 6.45) is 0.908. The van der Waals surface area contributed by atoms with Crippen LogP contribution in [0.15, 0.2) is 30.3 Å². The molecule has 1 aliphatic rings. The van der Waals surface area contributed by atoms with Crippen LogP contribution in [0, 0.1) is 20.8 Å². The lowest BCUT2D eigenvalue weighted by atomic mass is 10.1. The number of carbonyl (C=O) groups excluding carboxylic acids is 1. The quantitative estimate of drug-likeness (QED) is 0.844. The van der Waals surface area contributed by atoms with Crippen molar-refractivity contribution in [2.24, 2.45) is 0 Å². The van der Waals surface area contributed by atoms with Crippen LogP contribution < -0.4 is 9.64 Å². The lowest BCUT2D eigenvalue weighted by Crippen LogP contribution is -2.38. The van der Waals surface area contributed by atoms with Gasteiger partial charge in [-0.2, -0.15) is 5.10 Å². The van der Waals surface area contributed by atoms with Crippen molar-refractivity contribution < 1.29 is 9.53 Å². The number of hydrogen-bond donors (Lipinski definition) is 0. The molecule has 26 heavy (non-hydrogen) atoms. The Hall–Kier alpha value is -2.63. The van der Waals surface area contributed by atoms with Gasteiger partial charge in [0.05, 0.1) is 5.69 Å². The van der Waals surface area contributed by atoms with Gasteiger partial charge in [-0.1, -0.05) is 12.1 Å². The fraction of sp³-hybridized carbons (Fsp3) is 0.450. The van der Waals surface area contributed by atoms with E-state index in [1.165, 1.54) is 5.56 Å². The minimum absolute atomic E-state index is 0.0303. The lowest BCUT2D eigenvalue weighted by Gasteiger charge is -2.22. The first-order valence-corrected chi connectivity index (χ1v) is 9.06. The fourth-order valence-electron chi connectivity index (χ4n) is 3.07. The minimum Gasteiger partial charge on any atom is -0.483 e. The van der Waals surface area contributed by atoms with E-state index in [0.717, 1.165) is 48.9 Å². The molecule has 0 spiro atoms. The molecule has 2 heterocycles. The zero-order chi connectivity index (χ0) is 18.5. The van der Waals surface area contributed by atoms with Crippen molar-refractivity contribution in [3.8, 4) is 5.75 Å². The minimum atomic E-state index is 0.0303. The second kappa shape index (κ2) is 8.17. The first-order chi connectivity index (χ1) is 12.5. The van der Waals surface area contributed by atoms with E-state index < -0.39 is 0 Å². The van der Waals surface area contributed by atoms with Crippen LogP contribution in [0.2, 0.25) is 0 Å². The first kappa shape index (κ1) is 18.2. The number of carbonyl (C=O) groups is 1. The Bertz CT molecular complexity index is 761. The Morgan fingerprint density at radius 2 is 1.88 bits per heavy atom. The van der Waals surface area contributed by atoms with E-state index in [1.54, 1.807) is 0 Å². The number of amides is 1. The average Bonchev–Trinajstić information content (AvgIpc) is 2.90. The maximum Gasteiger partial charge on any atom is 0.260 e. The molecule has 0 aliphatic carbocycles. The van der Waals surface area contributed by atoms with Crippen molar-refractivity contribution in [2.75, 3.05) is 37.7 Å². The Morgan fingerprint density at radius 3 is 2.65 bits per heavy atom. The topological polar surface area (TPSA) is 58.6 Å². The largest absolute Gasteiger partial charge is 0.483 e. The zero-order valence-corrected chi connectivity index (χ0v) is 15.7. The average molecular weight is 354 g/mol. The maximum atomic E-state index is 12.6. The van der Waals surface area contributed by atoms with Gasteiger partial charge < -0.3 is 14.5 Å². The summed E-state index contributed by atoms with van der Waals surface area (Å²) in [4.78, 5) is 16.6. The molecule has 0 atom stereocenters. The molecule has 0 N–H and O–H groups in total. The Labute approximate surface area is 154 Å². The Morgan fingerprint density at radius 1 is 1.04 bits per heavy atom. The number of anilines is 1. The van der Waals surface area contributed by atoms with Crippen molar-refractivity contribution in [1.29, 1.82) is 0 Å². The standard InChI is InChI=1S/C20H26N4O2/c1-15-6-4-7-18(17(15)3)26-14-20(25)24-11-5-10-23(12-13-24)19-9-8-16(2)21-22-19/h4,6-9H,5,10-14H2,1-3H3. The van der Waals surface area contributed by atoms with Gasteiger partial charge in [-0.3, -0.25) is 4.79 Å². The van der Waals surface area contributed by atoms with Gasteiger partial charge in [-0.05, 0) is 56.5 Å². The molecule has 3 rings (SSSR count). The molecule has 1 fully saturated rings. The van der Waals surface area contributed by atoms with Crippen LogP contribution in [0.4, 0.5) is 5.82 Å². The second-order valence-corrected chi connectivity index (χ2v) is 6.74. The molecular weight excluding hydrogens is 328 g/mol. The van der Waals surface area contributed by atoms with E-state index >= 15 is 0 Å². The summed E-state index contributed by atoms with van der Waals surface area (Å²) in [7, 11) is 0. The number of hydrogen-bond acceptors (Lipinski definition) is 5. The third-order valence-electron chi connectivity index (χ3n) is 4.86. The molecule has 6 nitrogen and oxygen atoms in total. The monoisotopic (exact) mass is 354 g/mol. The number of nitrogens with zero attached hydrogens (tertiary/aromatic N) is 4. The van der Waals surface area contributed by atoms with Gasteiger partial charge in [0.1, 0.15) is 5.75 Å². The third kappa shape index (κ3) is 4.31. The smallest absolute Gasteiger partial charge is 0.260 e. The number of ether oxygens (including phenoxy) is 1. The van der Waals surface area contributed by atoms with E-state index in [1.807, 2.05) is 56.0 Å². The molecule has 2 aromatic rings. The van der Waals surface area contributed by atoms with E-state index in [0.29, 0.717) is 6.54 Å². The van der Waals surface area contributed by atoms with Crippen LogP contribution in [0.1, 0.15) is 23.2 Å². The van der Waals surface area contributed by atoms with Crippen LogP contribution in [-0.2, 0) is 4.79 Å². The van der Waals surface area contributed by atoms with Crippen LogP contribution in [0.5, 0.6) is 5.75 Å². The van der Waals surface area contributed by atoms with Gasteiger partial charge in [0.25, 0.3) is 5.91 Å². The van der Waals surface area contributed by atoms with Crippen molar-refractivity contribution in [1.82, 2.24) is 15.1 Å². The molecule has 1 aromatic heterocycles. The highest BCUT2D eigenvalue weighted by molar-refractivity contribution is 5.78. The van der Waals surface area contributed by atoms with Gasteiger partial charge in [0.15, 0.2) is 12.4 Å². The molecule has 0 bridgehead atoms. The summed E-state index contributed by atoms with van der Waals surface area (Å²) in [6.45, 7) is 9.11. The van der Waals surface area contributed by atoms with Crippen molar-refractivity contribution in [2.45, 2.75) is 27.2 Å². The van der Waals surface area contributed by atoms with Crippen LogP contribution in [0.25, 0.3) is 0 Å². The summed E-state index contributed by atoms with van der Waals surface area (Å²) in [5.74, 6) is 1.68. The van der Waals surface area contributed by atoms with Gasteiger partial charge in [-0.15, -0.1) is 5.10 Å². The van der Waals surface area contributed by atoms with Gasteiger partial charge in [-0.25, -0.2) is 0 Å². The van der Waals surface area contributed by atoms with Gasteiger partial charge in [0, 0.05) is 26.2 Å². The molecular formula is C20H26N4O2. The SMILES string of the molecule is Cc1ccc(N2CCCN(C(=O)COc3cccc(C)c3C)CC2)nn1. The predicted octanol–water partition coefficient (Wildman–Crippen LogP) is 2.52. The Balaban J connectivity index is 1.55. The van der Waals surface area contributed by atoms with E-state index in [2.05, 4.69) is 15.1 Å². The molecule has 0 radical (unpaired) electrons. The number of aromatic nitrogens is 2.